The van der Waals surface area contributed by atoms with Crippen LogP contribution in [0.2, 0.25) is 5.02 Å². The summed E-state index contributed by atoms with van der Waals surface area (Å²) < 4.78 is 0. The van der Waals surface area contributed by atoms with Crippen LogP contribution in [-0.2, 0) is 9.59 Å². The van der Waals surface area contributed by atoms with E-state index >= 15 is 0 Å². The lowest BCUT2D eigenvalue weighted by Gasteiger charge is -2.20. The molecule has 1 rings (SSSR count). The van der Waals surface area contributed by atoms with E-state index in [1.165, 1.54) is 23.1 Å². The molecular weight excluding hydrogens is 280 g/mol. The topological polar surface area (TPSA) is 69.6 Å². The summed E-state index contributed by atoms with van der Waals surface area (Å²) in [6.45, 7) is 4.94. The van der Waals surface area contributed by atoms with Crippen molar-refractivity contribution in [3.8, 4) is 5.75 Å². The van der Waals surface area contributed by atoms with E-state index in [1.807, 2.05) is 13.8 Å². The zero-order chi connectivity index (χ0) is 15.1. The molecule has 1 aromatic rings. The fourth-order valence-corrected chi connectivity index (χ4v) is 1.95. The maximum Gasteiger partial charge on any atom is 0.314 e. The van der Waals surface area contributed by atoms with Crippen LogP contribution in [0.4, 0.5) is 5.69 Å². The van der Waals surface area contributed by atoms with Gasteiger partial charge in [0.15, 0.2) is 0 Å². The van der Waals surface area contributed by atoms with Crippen LogP contribution in [0.25, 0.3) is 0 Å². The molecule has 0 aliphatic carbocycles. The molecule has 0 heterocycles. The van der Waals surface area contributed by atoms with Crippen molar-refractivity contribution in [2.45, 2.75) is 26.7 Å². The summed E-state index contributed by atoms with van der Waals surface area (Å²) in [7, 11) is 0. The number of phenolic OH excluding ortho intramolecular Hbond substituents is 1. The van der Waals surface area contributed by atoms with E-state index < -0.39 is 11.8 Å². The van der Waals surface area contributed by atoms with E-state index in [2.05, 4.69) is 5.32 Å². The highest BCUT2D eigenvalue weighted by Gasteiger charge is 2.21. The fraction of sp³-hybridized carbons (Fsp3) is 0.429. The van der Waals surface area contributed by atoms with Gasteiger partial charge in [-0.3, -0.25) is 9.59 Å². The number of anilines is 1. The number of halogens is 1. The molecule has 2 amide bonds. The molecular formula is C14H19ClN2O3. The van der Waals surface area contributed by atoms with Crippen molar-refractivity contribution in [3.05, 3.63) is 23.2 Å². The molecule has 0 saturated carbocycles. The first-order valence-electron chi connectivity index (χ1n) is 6.58. The van der Waals surface area contributed by atoms with Gasteiger partial charge in [-0.2, -0.15) is 0 Å². The Bertz CT molecular complexity index is 485. The van der Waals surface area contributed by atoms with Gasteiger partial charge in [-0.15, -0.1) is 0 Å². The highest BCUT2D eigenvalue weighted by Crippen LogP contribution is 2.26. The van der Waals surface area contributed by atoms with Crippen LogP contribution in [-0.4, -0.2) is 34.9 Å². The molecule has 6 heteroatoms. The van der Waals surface area contributed by atoms with Gasteiger partial charge in [0.1, 0.15) is 5.75 Å². The standard InChI is InChI=1S/C14H19ClN2O3/c1-3-7-17(8-4-2)14(20)13(19)16-11-9-10(15)5-6-12(11)18/h5-6,9,18H,3-4,7-8H2,1-2H3,(H,16,19). The molecule has 0 aliphatic heterocycles. The zero-order valence-electron chi connectivity index (χ0n) is 11.6. The fourth-order valence-electron chi connectivity index (χ4n) is 1.78. The van der Waals surface area contributed by atoms with Gasteiger partial charge in [-0.25, -0.2) is 0 Å². The van der Waals surface area contributed by atoms with Gasteiger partial charge in [-0.1, -0.05) is 25.4 Å². The third kappa shape index (κ3) is 4.42. The van der Waals surface area contributed by atoms with Crippen LogP contribution in [0.3, 0.4) is 0 Å². The van der Waals surface area contributed by atoms with E-state index in [0.717, 1.165) is 12.8 Å². The Morgan fingerprint density at radius 1 is 1.25 bits per heavy atom. The first-order chi connectivity index (χ1) is 9.49. The number of aromatic hydroxyl groups is 1. The molecule has 0 unspecified atom stereocenters. The monoisotopic (exact) mass is 298 g/mol. The van der Waals surface area contributed by atoms with Gasteiger partial charge >= 0.3 is 11.8 Å². The first kappa shape index (κ1) is 16.3. The second-order valence-electron chi connectivity index (χ2n) is 4.41. The maximum absolute atomic E-state index is 12.0. The number of hydrogen-bond acceptors (Lipinski definition) is 3. The van der Waals surface area contributed by atoms with Crippen molar-refractivity contribution < 1.29 is 14.7 Å². The molecule has 0 spiro atoms. The third-order valence-corrected chi connectivity index (χ3v) is 2.91. The Morgan fingerprint density at radius 3 is 2.40 bits per heavy atom. The minimum atomic E-state index is -0.774. The Morgan fingerprint density at radius 2 is 1.85 bits per heavy atom. The Balaban J connectivity index is 2.78. The quantitative estimate of drug-likeness (QED) is 0.648. The van der Waals surface area contributed by atoms with Crippen LogP contribution in [0.5, 0.6) is 5.75 Å². The Hall–Kier alpha value is -1.75. The molecule has 2 N–H and O–H groups in total. The van der Waals surface area contributed by atoms with Crippen molar-refractivity contribution in [1.82, 2.24) is 4.90 Å². The summed E-state index contributed by atoms with van der Waals surface area (Å²) in [5.74, 6) is -1.51. The highest BCUT2D eigenvalue weighted by atomic mass is 35.5. The molecule has 0 saturated heterocycles. The third-order valence-electron chi connectivity index (χ3n) is 2.68. The predicted octanol–water partition coefficient (Wildman–Crippen LogP) is 2.63. The second-order valence-corrected chi connectivity index (χ2v) is 4.84. The minimum Gasteiger partial charge on any atom is -0.506 e. The Labute approximate surface area is 123 Å². The predicted molar refractivity (Wildman–Crippen MR) is 78.9 cm³/mol. The van der Waals surface area contributed by atoms with Crippen LogP contribution >= 0.6 is 11.6 Å². The molecule has 0 fully saturated rings. The van der Waals surface area contributed by atoms with Crippen molar-refractivity contribution in [1.29, 1.82) is 0 Å². The van der Waals surface area contributed by atoms with Gasteiger partial charge in [0.05, 0.1) is 5.69 Å². The van der Waals surface area contributed by atoms with Gasteiger partial charge in [0.25, 0.3) is 0 Å². The minimum absolute atomic E-state index is 0.129. The number of carbonyl (C=O) groups is 2. The molecule has 1 aromatic carbocycles. The molecule has 0 atom stereocenters. The largest absolute Gasteiger partial charge is 0.506 e. The molecule has 0 aromatic heterocycles. The summed E-state index contributed by atoms with van der Waals surface area (Å²) >= 11 is 5.78. The Kier molecular flexibility index (Phi) is 6.31. The summed E-state index contributed by atoms with van der Waals surface area (Å²) in [5.41, 5.74) is 0.129. The zero-order valence-corrected chi connectivity index (χ0v) is 12.4. The lowest BCUT2D eigenvalue weighted by Crippen LogP contribution is -2.40. The van der Waals surface area contributed by atoms with Crippen molar-refractivity contribution >= 4 is 29.1 Å². The van der Waals surface area contributed by atoms with Crippen LogP contribution in [0.1, 0.15) is 26.7 Å². The lowest BCUT2D eigenvalue weighted by molar-refractivity contribution is -0.143. The smallest absolute Gasteiger partial charge is 0.314 e. The van der Waals surface area contributed by atoms with Gasteiger partial charge in [0.2, 0.25) is 0 Å². The van der Waals surface area contributed by atoms with Crippen molar-refractivity contribution in [2.75, 3.05) is 18.4 Å². The molecule has 20 heavy (non-hydrogen) atoms. The van der Waals surface area contributed by atoms with Crippen LogP contribution < -0.4 is 5.32 Å². The van der Waals surface area contributed by atoms with E-state index in [9.17, 15) is 14.7 Å². The molecule has 110 valence electrons. The van der Waals surface area contributed by atoms with Gasteiger partial charge in [0, 0.05) is 18.1 Å². The average Bonchev–Trinajstić information content (AvgIpc) is 2.41. The van der Waals surface area contributed by atoms with E-state index in [4.69, 9.17) is 11.6 Å². The van der Waals surface area contributed by atoms with Crippen molar-refractivity contribution in [2.24, 2.45) is 0 Å². The van der Waals surface area contributed by atoms with Gasteiger partial charge < -0.3 is 15.3 Å². The summed E-state index contributed by atoms with van der Waals surface area (Å²) in [5, 5.41) is 12.4. The number of benzene rings is 1. The number of nitrogens with zero attached hydrogens (tertiary/aromatic N) is 1. The molecule has 0 radical (unpaired) electrons. The normalized spacial score (nSPS) is 10.2. The van der Waals surface area contributed by atoms with E-state index in [-0.39, 0.29) is 11.4 Å². The number of nitrogens with one attached hydrogen (secondary N) is 1. The SMILES string of the molecule is CCCN(CCC)C(=O)C(=O)Nc1cc(Cl)ccc1O. The summed E-state index contributed by atoms with van der Waals surface area (Å²) in [6.07, 6.45) is 1.56. The molecule has 0 bridgehead atoms. The molecule has 5 nitrogen and oxygen atoms in total. The number of carbonyl (C=O) groups excluding carboxylic acids is 2. The van der Waals surface area contributed by atoms with Crippen LogP contribution in [0.15, 0.2) is 18.2 Å². The molecule has 0 aliphatic rings. The van der Waals surface area contributed by atoms with Gasteiger partial charge in [-0.05, 0) is 31.0 Å². The van der Waals surface area contributed by atoms with Crippen LogP contribution in [0, 0.1) is 0 Å². The number of phenols is 1. The number of rotatable bonds is 5. The van der Waals surface area contributed by atoms with E-state index in [0.29, 0.717) is 18.1 Å². The average molecular weight is 299 g/mol. The lowest BCUT2D eigenvalue weighted by atomic mass is 10.2. The summed E-state index contributed by atoms with van der Waals surface area (Å²) in [6, 6.07) is 4.25. The van der Waals surface area contributed by atoms with Crippen molar-refractivity contribution in [3.63, 3.8) is 0 Å². The number of hydrogen-bond donors (Lipinski definition) is 2. The first-order valence-corrected chi connectivity index (χ1v) is 6.96. The number of amides is 2. The maximum atomic E-state index is 12.0. The van der Waals surface area contributed by atoms with E-state index in [1.54, 1.807) is 0 Å². The summed E-state index contributed by atoms with van der Waals surface area (Å²) in [4.78, 5) is 25.4. The highest BCUT2D eigenvalue weighted by molar-refractivity contribution is 6.40. The second kappa shape index (κ2) is 7.75.